The lowest BCUT2D eigenvalue weighted by atomic mass is 9.87. The fourth-order valence-electron chi connectivity index (χ4n) is 2.39. The van der Waals surface area contributed by atoms with E-state index in [0.717, 1.165) is 30.9 Å². The molecule has 0 aliphatic rings. The molecular formula is C20H28N4O. The molecule has 5 heteroatoms. The van der Waals surface area contributed by atoms with E-state index < -0.39 is 0 Å². The summed E-state index contributed by atoms with van der Waals surface area (Å²) in [4.78, 5) is 23.0. The fourth-order valence-corrected chi connectivity index (χ4v) is 2.39. The first-order valence-corrected chi connectivity index (χ1v) is 8.76. The molecule has 0 spiro atoms. The molecule has 1 aromatic heterocycles. The predicted octanol–water partition coefficient (Wildman–Crippen LogP) is 4.26. The standard InChI is InChI=1S/C20H28N4O/c1-6-7-12-24(5)18-14-21-17(13-22-18)19(25)23-16-10-8-15(9-11-16)20(2,3)4/h8-11,13-14H,6-7,12H2,1-5H3,(H,23,25). The molecule has 0 bridgehead atoms. The first kappa shape index (κ1) is 18.9. The number of hydrogen-bond acceptors (Lipinski definition) is 4. The van der Waals surface area contributed by atoms with Crippen molar-refractivity contribution in [3.8, 4) is 0 Å². The highest BCUT2D eigenvalue weighted by Gasteiger charge is 2.14. The van der Waals surface area contributed by atoms with Crippen LogP contribution in [0.4, 0.5) is 11.5 Å². The number of carbonyl (C=O) groups is 1. The Morgan fingerprint density at radius 2 is 1.80 bits per heavy atom. The molecule has 1 aromatic carbocycles. The van der Waals surface area contributed by atoms with Crippen LogP contribution in [0.1, 0.15) is 56.6 Å². The Balaban J connectivity index is 2.01. The third-order valence-corrected chi connectivity index (χ3v) is 4.12. The zero-order valence-electron chi connectivity index (χ0n) is 15.8. The predicted molar refractivity (Wildman–Crippen MR) is 103 cm³/mol. The van der Waals surface area contributed by atoms with E-state index in [1.807, 2.05) is 36.2 Å². The molecule has 2 rings (SSSR count). The van der Waals surface area contributed by atoms with Gasteiger partial charge >= 0.3 is 0 Å². The van der Waals surface area contributed by atoms with Crippen molar-refractivity contribution in [3.05, 3.63) is 47.9 Å². The highest BCUT2D eigenvalue weighted by Crippen LogP contribution is 2.23. The maximum Gasteiger partial charge on any atom is 0.275 e. The minimum atomic E-state index is -0.251. The van der Waals surface area contributed by atoms with Crippen LogP contribution in [0.5, 0.6) is 0 Å². The molecule has 1 amide bonds. The number of nitrogens with zero attached hydrogens (tertiary/aromatic N) is 3. The van der Waals surface area contributed by atoms with Gasteiger partial charge in [-0.25, -0.2) is 9.97 Å². The summed E-state index contributed by atoms with van der Waals surface area (Å²) in [5, 5.41) is 2.86. The lowest BCUT2D eigenvalue weighted by Gasteiger charge is -2.19. The van der Waals surface area contributed by atoms with Crippen LogP contribution in [0, 0.1) is 0 Å². The number of anilines is 2. The van der Waals surface area contributed by atoms with E-state index in [1.54, 1.807) is 6.20 Å². The van der Waals surface area contributed by atoms with Gasteiger partial charge in [0, 0.05) is 19.3 Å². The van der Waals surface area contributed by atoms with Crippen molar-refractivity contribution in [3.63, 3.8) is 0 Å². The number of unbranched alkanes of at least 4 members (excludes halogenated alkanes) is 1. The fraction of sp³-hybridized carbons (Fsp3) is 0.450. The first-order valence-electron chi connectivity index (χ1n) is 8.76. The summed E-state index contributed by atoms with van der Waals surface area (Å²) in [5.41, 5.74) is 2.38. The van der Waals surface area contributed by atoms with E-state index in [2.05, 4.69) is 43.0 Å². The van der Waals surface area contributed by atoms with Gasteiger partial charge in [-0.05, 0) is 29.5 Å². The summed E-state index contributed by atoms with van der Waals surface area (Å²) in [6.07, 6.45) is 5.40. The van der Waals surface area contributed by atoms with Crippen LogP contribution >= 0.6 is 0 Å². The average Bonchev–Trinajstić information content (AvgIpc) is 2.59. The summed E-state index contributed by atoms with van der Waals surface area (Å²) in [7, 11) is 1.98. The van der Waals surface area contributed by atoms with Crippen LogP contribution < -0.4 is 10.2 Å². The van der Waals surface area contributed by atoms with Gasteiger partial charge in [-0.3, -0.25) is 4.79 Å². The maximum atomic E-state index is 12.3. The number of carbonyl (C=O) groups excluding carboxylic acids is 1. The highest BCUT2D eigenvalue weighted by atomic mass is 16.1. The van der Waals surface area contributed by atoms with Crippen LogP contribution in [0.25, 0.3) is 0 Å². The molecule has 0 unspecified atom stereocenters. The number of rotatable bonds is 6. The number of benzene rings is 1. The summed E-state index contributed by atoms with van der Waals surface area (Å²) in [6.45, 7) is 9.57. The largest absolute Gasteiger partial charge is 0.358 e. The summed E-state index contributed by atoms with van der Waals surface area (Å²) in [5.74, 6) is 0.526. The lowest BCUT2D eigenvalue weighted by molar-refractivity contribution is 0.102. The monoisotopic (exact) mass is 340 g/mol. The minimum Gasteiger partial charge on any atom is -0.358 e. The zero-order chi connectivity index (χ0) is 18.4. The van der Waals surface area contributed by atoms with E-state index in [0.29, 0.717) is 5.69 Å². The number of nitrogens with one attached hydrogen (secondary N) is 1. The Bertz CT molecular complexity index is 687. The van der Waals surface area contributed by atoms with Gasteiger partial charge < -0.3 is 10.2 Å². The van der Waals surface area contributed by atoms with E-state index >= 15 is 0 Å². The highest BCUT2D eigenvalue weighted by molar-refractivity contribution is 6.02. The molecule has 0 aliphatic heterocycles. The molecule has 134 valence electrons. The Morgan fingerprint density at radius 3 is 2.32 bits per heavy atom. The van der Waals surface area contributed by atoms with Gasteiger partial charge in [-0.1, -0.05) is 46.2 Å². The quantitative estimate of drug-likeness (QED) is 0.853. The van der Waals surface area contributed by atoms with Crippen molar-refractivity contribution in [2.75, 3.05) is 23.8 Å². The van der Waals surface area contributed by atoms with Gasteiger partial charge in [-0.2, -0.15) is 0 Å². The van der Waals surface area contributed by atoms with Crippen molar-refractivity contribution in [1.82, 2.24) is 9.97 Å². The van der Waals surface area contributed by atoms with E-state index in [-0.39, 0.29) is 11.3 Å². The SMILES string of the molecule is CCCCN(C)c1cnc(C(=O)Nc2ccc(C(C)(C)C)cc2)cn1. The minimum absolute atomic E-state index is 0.0909. The van der Waals surface area contributed by atoms with Crippen molar-refractivity contribution >= 4 is 17.4 Å². The molecule has 1 N–H and O–H groups in total. The Kier molecular flexibility index (Phi) is 6.12. The Morgan fingerprint density at radius 1 is 1.12 bits per heavy atom. The normalized spacial score (nSPS) is 11.2. The maximum absolute atomic E-state index is 12.3. The molecule has 0 atom stereocenters. The number of hydrogen-bond donors (Lipinski definition) is 1. The average molecular weight is 340 g/mol. The van der Waals surface area contributed by atoms with E-state index in [4.69, 9.17) is 0 Å². The third-order valence-electron chi connectivity index (χ3n) is 4.12. The molecule has 0 saturated carbocycles. The zero-order valence-corrected chi connectivity index (χ0v) is 15.8. The Labute approximate surface area is 150 Å². The number of aromatic nitrogens is 2. The molecule has 0 saturated heterocycles. The van der Waals surface area contributed by atoms with E-state index in [1.165, 1.54) is 11.8 Å². The molecule has 5 nitrogen and oxygen atoms in total. The van der Waals surface area contributed by atoms with Crippen molar-refractivity contribution in [2.45, 2.75) is 46.0 Å². The lowest BCUT2D eigenvalue weighted by Crippen LogP contribution is -2.21. The van der Waals surface area contributed by atoms with Gasteiger partial charge in [0.05, 0.1) is 12.4 Å². The van der Waals surface area contributed by atoms with Crippen LogP contribution in [0.3, 0.4) is 0 Å². The molecule has 25 heavy (non-hydrogen) atoms. The molecule has 1 heterocycles. The second kappa shape index (κ2) is 8.10. The molecule has 2 aromatic rings. The van der Waals surface area contributed by atoms with Crippen LogP contribution in [-0.4, -0.2) is 29.5 Å². The molecule has 0 radical (unpaired) electrons. The van der Waals surface area contributed by atoms with Gasteiger partial charge in [0.25, 0.3) is 5.91 Å². The van der Waals surface area contributed by atoms with E-state index in [9.17, 15) is 4.79 Å². The molecule has 0 fully saturated rings. The first-order chi connectivity index (χ1) is 11.8. The van der Waals surface area contributed by atoms with Crippen molar-refractivity contribution in [2.24, 2.45) is 0 Å². The summed E-state index contributed by atoms with van der Waals surface area (Å²) in [6, 6.07) is 7.90. The molecular weight excluding hydrogens is 312 g/mol. The van der Waals surface area contributed by atoms with Crippen LogP contribution in [0.2, 0.25) is 0 Å². The topological polar surface area (TPSA) is 58.1 Å². The van der Waals surface area contributed by atoms with Gasteiger partial charge in [0.1, 0.15) is 11.5 Å². The summed E-state index contributed by atoms with van der Waals surface area (Å²) >= 11 is 0. The smallest absolute Gasteiger partial charge is 0.275 e. The van der Waals surface area contributed by atoms with Crippen molar-refractivity contribution in [1.29, 1.82) is 0 Å². The third kappa shape index (κ3) is 5.28. The van der Waals surface area contributed by atoms with Crippen molar-refractivity contribution < 1.29 is 4.79 Å². The molecule has 0 aliphatic carbocycles. The van der Waals surface area contributed by atoms with Gasteiger partial charge in [0.15, 0.2) is 0 Å². The Hall–Kier alpha value is -2.43. The van der Waals surface area contributed by atoms with Gasteiger partial charge in [0.2, 0.25) is 0 Å². The second-order valence-corrected chi connectivity index (χ2v) is 7.32. The second-order valence-electron chi connectivity index (χ2n) is 7.32. The van der Waals surface area contributed by atoms with Crippen LogP contribution in [0.15, 0.2) is 36.7 Å². The van der Waals surface area contributed by atoms with Gasteiger partial charge in [-0.15, -0.1) is 0 Å². The summed E-state index contributed by atoms with van der Waals surface area (Å²) < 4.78 is 0. The number of amides is 1. The van der Waals surface area contributed by atoms with Crippen LogP contribution in [-0.2, 0) is 5.41 Å².